The van der Waals surface area contributed by atoms with Crippen LogP contribution in [0.25, 0.3) is 10.8 Å². The lowest BCUT2D eigenvalue weighted by molar-refractivity contribution is -0.119. The SMILES string of the molecule is CCCOc1ccc2ccccc2c1/C=N\NC(=O)CNc1ccc(OC)cc1. The first-order valence-corrected chi connectivity index (χ1v) is 9.55. The van der Waals surface area contributed by atoms with Gasteiger partial charge in [0, 0.05) is 11.3 Å². The Labute approximate surface area is 170 Å². The van der Waals surface area contributed by atoms with Gasteiger partial charge in [-0.25, -0.2) is 5.43 Å². The molecule has 0 aliphatic heterocycles. The van der Waals surface area contributed by atoms with Gasteiger partial charge in [0.15, 0.2) is 0 Å². The maximum Gasteiger partial charge on any atom is 0.259 e. The van der Waals surface area contributed by atoms with Crippen molar-refractivity contribution in [3.8, 4) is 11.5 Å². The minimum atomic E-state index is -0.242. The Hall–Kier alpha value is -3.54. The third-order valence-corrected chi connectivity index (χ3v) is 4.32. The Morgan fingerprint density at radius 2 is 1.86 bits per heavy atom. The van der Waals surface area contributed by atoms with Gasteiger partial charge in [-0.2, -0.15) is 5.10 Å². The number of methoxy groups -OCH3 is 1. The number of nitrogens with zero attached hydrogens (tertiary/aromatic N) is 1. The Kier molecular flexibility index (Phi) is 7.05. The molecule has 0 heterocycles. The average Bonchev–Trinajstić information content (AvgIpc) is 2.77. The van der Waals surface area contributed by atoms with Crippen molar-refractivity contribution < 1.29 is 14.3 Å². The van der Waals surface area contributed by atoms with Crippen molar-refractivity contribution in [2.24, 2.45) is 5.10 Å². The summed E-state index contributed by atoms with van der Waals surface area (Å²) in [6.45, 7) is 2.79. The van der Waals surface area contributed by atoms with Crippen molar-refractivity contribution in [2.75, 3.05) is 25.6 Å². The summed E-state index contributed by atoms with van der Waals surface area (Å²) in [5.41, 5.74) is 4.23. The normalized spacial score (nSPS) is 10.8. The number of amides is 1. The largest absolute Gasteiger partial charge is 0.497 e. The predicted molar refractivity (Wildman–Crippen MR) is 117 cm³/mol. The topological polar surface area (TPSA) is 72.0 Å². The molecule has 0 aromatic heterocycles. The van der Waals surface area contributed by atoms with Crippen LogP contribution < -0.4 is 20.2 Å². The number of benzene rings is 3. The van der Waals surface area contributed by atoms with E-state index in [4.69, 9.17) is 9.47 Å². The van der Waals surface area contributed by atoms with Gasteiger partial charge in [-0.15, -0.1) is 0 Å². The van der Waals surface area contributed by atoms with Crippen LogP contribution in [0.3, 0.4) is 0 Å². The molecule has 0 bridgehead atoms. The number of carbonyl (C=O) groups excluding carboxylic acids is 1. The molecule has 0 fully saturated rings. The first-order valence-electron chi connectivity index (χ1n) is 9.55. The fourth-order valence-electron chi connectivity index (χ4n) is 2.85. The molecular weight excluding hydrogens is 366 g/mol. The third kappa shape index (κ3) is 5.48. The molecule has 0 radical (unpaired) electrons. The van der Waals surface area contributed by atoms with E-state index in [1.807, 2.05) is 60.7 Å². The number of hydrogen-bond acceptors (Lipinski definition) is 5. The molecule has 0 atom stereocenters. The molecule has 6 heteroatoms. The summed E-state index contributed by atoms with van der Waals surface area (Å²) in [5.74, 6) is 1.27. The van der Waals surface area contributed by atoms with E-state index in [2.05, 4.69) is 22.8 Å². The summed E-state index contributed by atoms with van der Waals surface area (Å²) in [6, 6.07) is 19.3. The summed E-state index contributed by atoms with van der Waals surface area (Å²) < 4.78 is 11.0. The minimum absolute atomic E-state index is 0.110. The molecule has 0 saturated carbocycles. The monoisotopic (exact) mass is 391 g/mol. The van der Waals surface area contributed by atoms with Crippen LogP contribution in [0.15, 0.2) is 65.8 Å². The molecular formula is C23H25N3O3. The Morgan fingerprint density at radius 3 is 2.62 bits per heavy atom. The van der Waals surface area contributed by atoms with Crippen LogP contribution in [0.5, 0.6) is 11.5 Å². The number of hydrogen-bond donors (Lipinski definition) is 2. The Morgan fingerprint density at radius 1 is 1.07 bits per heavy atom. The molecule has 2 N–H and O–H groups in total. The highest BCUT2D eigenvalue weighted by molar-refractivity contribution is 6.02. The molecule has 0 spiro atoms. The van der Waals surface area contributed by atoms with E-state index in [9.17, 15) is 4.79 Å². The molecule has 6 nitrogen and oxygen atoms in total. The van der Waals surface area contributed by atoms with E-state index in [-0.39, 0.29) is 12.5 Å². The van der Waals surface area contributed by atoms with Crippen molar-refractivity contribution in [2.45, 2.75) is 13.3 Å². The highest BCUT2D eigenvalue weighted by Crippen LogP contribution is 2.26. The Bertz CT molecular complexity index is 984. The zero-order valence-electron chi connectivity index (χ0n) is 16.6. The van der Waals surface area contributed by atoms with E-state index in [0.29, 0.717) is 6.61 Å². The summed E-state index contributed by atoms with van der Waals surface area (Å²) >= 11 is 0. The number of anilines is 1. The molecule has 3 aromatic rings. The van der Waals surface area contributed by atoms with Crippen LogP contribution in [0.4, 0.5) is 5.69 Å². The van der Waals surface area contributed by atoms with E-state index in [1.165, 1.54) is 0 Å². The summed E-state index contributed by atoms with van der Waals surface area (Å²) in [7, 11) is 1.61. The Balaban J connectivity index is 1.65. The van der Waals surface area contributed by atoms with Gasteiger partial charge in [-0.3, -0.25) is 4.79 Å². The fraction of sp³-hybridized carbons (Fsp3) is 0.217. The first kappa shape index (κ1) is 20.2. The number of hydrazone groups is 1. The lowest BCUT2D eigenvalue weighted by atomic mass is 10.0. The second kappa shape index (κ2) is 10.1. The van der Waals surface area contributed by atoms with Gasteiger partial charge < -0.3 is 14.8 Å². The smallest absolute Gasteiger partial charge is 0.259 e. The molecule has 0 aliphatic carbocycles. The summed E-state index contributed by atoms with van der Waals surface area (Å²) in [5, 5.41) is 9.29. The van der Waals surface area contributed by atoms with Gasteiger partial charge in [0.05, 0.1) is 26.5 Å². The van der Waals surface area contributed by atoms with Gasteiger partial charge in [-0.05, 0) is 47.5 Å². The average molecular weight is 391 g/mol. The third-order valence-electron chi connectivity index (χ3n) is 4.32. The standard InChI is InChI=1S/C23H25N3O3/c1-3-14-29-22-13-8-17-6-4-5-7-20(17)21(22)15-25-26-23(27)16-24-18-9-11-19(28-2)12-10-18/h4-13,15,24H,3,14,16H2,1-2H3,(H,26,27)/b25-15-. The lowest BCUT2D eigenvalue weighted by Gasteiger charge is -2.11. The fourth-order valence-corrected chi connectivity index (χ4v) is 2.85. The van der Waals surface area contributed by atoms with Crippen LogP contribution >= 0.6 is 0 Å². The minimum Gasteiger partial charge on any atom is -0.497 e. The van der Waals surface area contributed by atoms with Crippen molar-refractivity contribution in [3.63, 3.8) is 0 Å². The lowest BCUT2D eigenvalue weighted by Crippen LogP contribution is -2.25. The van der Waals surface area contributed by atoms with Crippen molar-refractivity contribution in [3.05, 3.63) is 66.2 Å². The molecule has 3 rings (SSSR count). The van der Waals surface area contributed by atoms with Crippen molar-refractivity contribution in [1.82, 2.24) is 5.43 Å². The van der Waals surface area contributed by atoms with Crippen LogP contribution in [-0.2, 0) is 4.79 Å². The molecule has 150 valence electrons. The molecule has 0 aliphatic rings. The van der Waals surface area contributed by atoms with Crippen LogP contribution in [-0.4, -0.2) is 32.4 Å². The summed E-state index contributed by atoms with van der Waals surface area (Å²) in [4.78, 5) is 12.1. The quantitative estimate of drug-likeness (QED) is 0.424. The number of ether oxygens (including phenoxy) is 2. The zero-order chi connectivity index (χ0) is 20.5. The molecule has 3 aromatic carbocycles. The molecule has 0 saturated heterocycles. The molecule has 1 amide bonds. The number of carbonyl (C=O) groups is 1. The van der Waals surface area contributed by atoms with E-state index in [1.54, 1.807) is 13.3 Å². The van der Waals surface area contributed by atoms with Gasteiger partial charge in [0.1, 0.15) is 11.5 Å². The second-order valence-corrected chi connectivity index (χ2v) is 6.42. The first-order chi connectivity index (χ1) is 14.2. The highest BCUT2D eigenvalue weighted by Gasteiger charge is 2.07. The maximum atomic E-state index is 12.1. The highest BCUT2D eigenvalue weighted by atomic mass is 16.5. The van der Waals surface area contributed by atoms with Crippen LogP contribution in [0.2, 0.25) is 0 Å². The van der Waals surface area contributed by atoms with Crippen molar-refractivity contribution >= 4 is 28.6 Å². The van der Waals surface area contributed by atoms with Gasteiger partial charge >= 0.3 is 0 Å². The van der Waals surface area contributed by atoms with Gasteiger partial charge in [0.2, 0.25) is 0 Å². The number of fused-ring (bicyclic) bond motifs is 1. The second-order valence-electron chi connectivity index (χ2n) is 6.42. The van der Waals surface area contributed by atoms with E-state index in [0.717, 1.165) is 39.9 Å². The maximum absolute atomic E-state index is 12.1. The van der Waals surface area contributed by atoms with E-state index < -0.39 is 0 Å². The van der Waals surface area contributed by atoms with Crippen molar-refractivity contribution in [1.29, 1.82) is 0 Å². The zero-order valence-corrected chi connectivity index (χ0v) is 16.6. The number of nitrogens with one attached hydrogen (secondary N) is 2. The molecule has 0 unspecified atom stereocenters. The molecule has 29 heavy (non-hydrogen) atoms. The van der Waals surface area contributed by atoms with Gasteiger partial charge in [0.25, 0.3) is 5.91 Å². The predicted octanol–water partition coefficient (Wildman–Crippen LogP) is 4.20. The van der Waals surface area contributed by atoms with E-state index >= 15 is 0 Å². The van der Waals surface area contributed by atoms with Gasteiger partial charge in [-0.1, -0.05) is 37.3 Å². The summed E-state index contributed by atoms with van der Waals surface area (Å²) in [6.07, 6.45) is 2.55. The van der Waals surface area contributed by atoms with Crippen LogP contribution in [0.1, 0.15) is 18.9 Å². The van der Waals surface area contributed by atoms with Crippen LogP contribution in [0, 0.1) is 0 Å². The number of rotatable bonds is 9.